The average molecular weight is 301 g/mol. The summed E-state index contributed by atoms with van der Waals surface area (Å²) in [6, 6.07) is 0.0379. The van der Waals surface area contributed by atoms with Crippen LogP contribution >= 0.6 is 0 Å². The molecule has 114 valence electrons. The van der Waals surface area contributed by atoms with Gasteiger partial charge in [-0.05, 0) is 19.4 Å². The van der Waals surface area contributed by atoms with Gasteiger partial charge in [-0.2, -0.15) is 13.2 Å². The molecule has 0 aliphatic carbocycles. The highest BCUT2D eigenvalue weighted by atomic mass is 19.4. The third kappa shape index (κ3) is 3.65. The molecule has 0 unspecified atom stereocenters. The Morgan fingerprint density at radius 3 is 2.76 bits per heavy atom. The van der Waals surface area contributed by atoms with Gasteiger partial charge in [0.1, 0.15) is 5.69 Å². The molecule has 0 atom stereocenters. The number of hydrogen-bond donors (Lipinski definition) is 2. The van der Waals surface area contributed by atoms with Crippen molar-refractivity contribution in [3.8, 4) is 0 Å². The zero-order chi connectivity index (χ0) is 15.6. The molecule has 2 N–H and O–H groups in total. The van der Waals surface area contributed by atoms with Gasteiger partial charge >= 0.3 is 12.2 Å². The van der Waals surface area contributed by atoms with E-state index in [2.05, 4.69) is 5.32 Å². The van der Waals surface area contributed by atoms with Gasteiger partial charge < -0.3 is 15.2 Å². The molecule has 1 aliphatic heterocycles. The molecule has 2 amide bonds. The second kappa shape index (κ2) is 5.63. The van der Waals surface area contributed by atoms with Crippen molar-refractivity contribution in [2.75, 3.05) is 18.4 Å². The molecule has 1 aromatic heterocycles. The zero-order valence-electron chi connectivity index (χ0n) is 11.3. The average Bonchev–Trinajstić information content (AvgIpc) is 2.40. The van der Waals surface area contributed by atoms with Gasteiger partial charge in [-0.3, -0.25) is 4.79 Å². The first-order valence-corrected chi connectivity index (χ1v) is 6.29. The Balaban J connectivity index is 2.17. The Morgan fingerprint density at radius 2 is 2.14 bits per heavy atom. The summed E-state index contributed by atoms with van der Waals surface area (Å²) in [7, 11) is 0. The van der Waals surface area contributed by atoms with Crippen LogP contribution in [0.1, 0.15) is 18.9 Å². The highest BCUT2D eigenvalue weighted by molar-refractivity contribution is 5.89. The van der Waals surface area contributed by atoms with E-state index in [0.717, 1.165) is 5.57 Å². The molecule has 0 fully saturated rings. The first-order chi connectivity index (χ1) is 9.77. The summed E-state index contributed by atoms with van der Waals surface area (Å²) < 4.78 is 37.8. The number of nitrogens with zero attached hydrogens (tertiary/aromatic N) is 1. The fourth-order valence-electron chi connectivity index (χ4n) is 2.02. The van der Waals surface area contributed by atoms with Crippen molar-refractivity contribution in [1.29, 1.82) is 0 Å². The number of rotatable bonds is 1. The number of alkyl halides is 3. The first-order valence-electron chi connectivity index (χ1n) is 6.29. The standard InChI is InChI=1S/C13H14F3N3O2/c1-8-3-2-4-19(7-8)12(21)18-10-5-9(13(14,15)16)6-17-11(10)20/h3,5-6H,2,4,7H2,1H3,(H,17,20)(H,18,21). The molecule has 8 heteroatoms. The van der Waals surface area contributed by atoms with Crippen LogP contribution in [-0.2, 0) is 6.18 Å². The third-order valence-electron chi connectivity index (χ3n) is 3.09. The zero-order valence-corrected chi connectivity index (χ0v) is 11.3. The highest BCUT2D eigenvalue weighted by Crippen LogP contribution is 2.29. The molecule has 0 bridgehead atoms. The Bertz CT molecular complexity index is 634. The van der Waals surface area contributed by atoms with E-state index in [9.17, 15) is 22.8 Å². The molecule has 0 saturated heterocycles. The van der Waals surface area contributed by atoms with E-state index in [4.69, 9.17) is 0 Å². The van der Waals surface area contributed by atoms with Gasteiger partial charge in [0, 0.05) is 19.3 Å². The van der Waals surface area contributed by atoms with Crippen LogP contribution in [0.2, 0.25) is 0 Å². The van der Waals surface area contributed by atoms with Crippen molar-refractivity contribution in [2.24, 2.45) is 0 Å². The van der Waals surface area contributed by atoms with Gasteiger partial charge in [-0.15, -0.1) is 0 Å². The van der Waals surface area contributed by atoms with Crippen LogP contribution in [0.4, 0.5) is 23.7 Å². The van der Waals surface area contributed by atoms with E-state index in [1.54, 1.807) is 0 Å². The summed E-state index contributed by atoms with van der Waals surface area (Å²) in [5, 5.41) is 2.23. The molecular formula is C13H14F3N3O2. The molecule has 0 saturated carbocycles. The Hall–Kier alpha value is -2.25. The molecular weight excluding hydrogens is 287 g/mol. The van der Waals surface area contributed by atoms with Crippen LogP contribution < -0.4 is 10.9 Å². The monoisotopic (exact) mass is 301 g/mol. The number of aromatic nitrogens is 1. The van der Waals surface area contributed by atoms with Crippen LogP contribution in [-0.4, -0.2) is 29.0 Å². The van der Waals surface area contributed by atoms with Crippen LogP contribution in [0.15, 0.2) is 28.7 Å². The topological polar surface area (TPSA) is 65.2 Å². The number of anilines is 1. The van der Waals surface area contributed by atoms with E-state index in [0.29, 0.717) is 31.8 Å². The first kappa shape index (κ1) is 15.1. The molecule has 2 rings (SSSR count). The summed E-state index contributed by atoms with van der Waals surface area (Å²) in [5.41, 5.74) is -1.22. The maximum absolute atomic E-state index is 12.6. The molecule has 0 aromatic carbocycles. The summed E-state index contributed by atoms with van der Waals surface area (Å²) in [6.07, 6.45) is -1.35. The van der Waals surface area contributed by atoms with Gasteiger partial charge in [0.15, 0.2) is 0 Å². The van der Waals surface area contributed by atoms with Crippen LogP contribution in [0.5, 0.6) is 0 Å². The lowest BCUT2D eigenvalue weighted by molar-refractivity contribution is -0.137. The maximum Gasteiger partial charge on any atom is 0.417 e. The van der Waals surface area contributed by atoms with Gasteiger partial charge in [0.25, 0.3) is 5.56 Å². The molecule has 0 spiro atoms. The molecule has 1 aromatic rings. The van der Waals surface area contributed by atoms with E-state index < -0.39 is 29.0 Å². The quantitative estimate of drug-likeness (QED) is 0.783. The summed E-state index contributed by atoms with van der Waals surface area (Å²) in [6.45, 7) is 2.71. The minimum atomic E-state index is -4.59. The Labute approximate surface area is 118 Å². The Morgan fingerprint density at radius 1 is 1.43 bits per heavy atom. The molecule has 5 nitrogen and oxygen atoms in total. The van der Waals surface area contributed by atoms with Crippen LogP contribution in [0, 0.1) is 0 Å². The number of carbonyl (C=O) groups excluding carboxylic acids is 1. The van der Waals surface area contributed by atoms with Crippen molar-refractivity contribution in [1.82, 2.24) is 9.88 Å². The van der Waals surface area contributed by atoms with E-state index in [1.807, 2.05) is 18.0 Å². The van der Waals surface area contributed by atoms with Crippen molar-refractivity contribution in [3.63, 3.8) is 0 Å². The van der Waals surface area contributed by atoms with E-state index in [1.165, 1.54) is 4.90 Å². The third-order valence-corrected chi connectivity index (χ3v) is 3.09. The molecule has 2 heterocycles. The summed E-state index contributed by atoms with van der Waals surface area (Å²) in [5.74, 6) is 0. The predicted molar refractivity (Wildman–Crippen MR) is 71.0 cm³/mol. The molecule has 21 heavy (non-hydrogen) atoms. The predicted octanol–water partition coefficient (Wildman–Crippen LogP) is 2.58. The summed E-state index contributed by atoms with van der Waals surface area (Å²) in [4.78, 5) is 26.9. The number of H-pyrrole nitrogens is 1. The van der Waals surface area contributed by atoms with Crippen molar-refractivity contribution < 1.29 is 18.0 Å². The number of halogens is 3. The van der Waals surface area contributed by atoms with Gasteiger partial charge in [0.2, 0.25) is 0 Å². The summed E-state index contributed by atoms with van der Waals surface area (Å²) >= 11 is 0. The highest BCUT2D eigenvalue weighted by Gasteiger charge is 2.31. The van der Waals surface area contributed by atoms with E-state index in [-0.39, 0.29) is 0 Å². The van der Waals surface area contributed by atoms with Gasteiger partial charge in [-0.1, -0.05) is 11.6 Å². The second-order valence-electron chi connectivity index (χ2n) is 4.82. The number of pyridine rings is 1. The van der Waals surface area contributed by atoms with Crippen LogP contribution in [0.25, 0.3) is 0 Å². The van der Waals surface area contributed by atoms with Crippen molar-refractivity contribution >= 4 is 11.7 Å². The molecule has 0 radical (unpaired) electrons. The van der Waals surface area contributed by atoms with Crippen LogP contribution in [0.3, 0.4) is 0 Å². The number of amides is 2. The number of urea groups is 1. The Kier molecular flexibility index (Phi) is 4.06. The minimum Gasteiger partial charge on any atom is -0.327 e. The second-order valence-corrected chi connectivity index (χ2v) is 4.82. The lowest BCUT2D eigenvalue weighted by atomic mass is 10.1. The number of aromatic amines is 1. The fourth-order valence-corrected chi connectivity index (χ4v) is 2.02. The lowest BCUT2D eigenvalue weighted by Gasteiger charge is -2.26. The van der Waals surface area contributed by atoms with E-state index >= 15 is 0 Å². The van der Waals surface area contributed by atoms with Gasteiger partial charge in [0.05, 0.1) is 5.56 Å². The smallest absolute Gasteiger partial charge is 0.327 e. The fraction of sp³-hybridized carbons (Fsp3) is 0.385. The largest absolute Gasteiger partial charge is 0.417 e. The van der Waals surface area contributed by atoms with Crippen molar-refractivity contribution in [2.45, 2.75) is 19.5 Å². The number of carbonyl (C=O) groups is 1. The van der Waals surface area contributed by atoms with Gasteiger partial charge in [-0.25, -0.2) is 4.79 Å². The lowest BCUT2D eigenvalue weighted by Crippen LogP contribution is -2.39. The molecule has 1 aliphatic rings. The number of hydrogen-bond acceptors (Lipinski definition) is 2. The number of nitrogens with one attached hydrogen (secondary N) is 2. The minimum absolute atomic E-state index is 0.392. The van der Waals surface area contributed by atoms with Crippen molar-refractivity contribution in [3.05, 3.63) is 39.8 Å². The SMILES string of the molecule is CC1=CCCN(C(=O)Nc2cc(C(F)(F)F)c[nH]c2=O)C1. The maximum atomic E-state index is 12.6. The normalized spacial score (nSPS) is 15.6.